The second-order valence-electron chi connectivity index (χ2n) is 5.82. The Morgan fingerprint density at radius 2 is 2.12 bits per heavy atom. The lowest BCUT2D eigenvalue weighted by atomic mass is 10.0. The highest BCUT2D eigenvalue weighted by atomic mass is 35.5. The number of hydrogen-bond acceptors (Lipinski definition) is 3. The number of hydrogen-bond donors (Lipinski definition) is 2. The fourth-order valence-electron chi connectivity index (χ4n) is 2.85. The van der Waals surface area contributed by atoms with Crippen molar-refractivity contribution in [3.05, 3.63) is 34.3 Å². The number of amides is 1. The van der Waals surface area contributed by atoms with Crippen molar-refractivity contribution in [2.45, 2.75) is 31.5 Å². The van der Waals surface area contributed by atoms with E-state index >= 15 is 0 Å². The molecule has 24 heavy (non-hydrogen) atoms. The van der Waals surface area contributed by atoms with Crippen LogP contribution in [0.5, 0.6) is 0 Å². The quantitative estimate of drug-likeness (QED) is 0.844. The number of alkyl halides is 3. The zero-order valence-electron chi connectivity index (χ0n) is 13.1. The molecule has 0 aromatic heterocycles. The topological polar surface area (TPSA) is 52.6 Å². The van der Waals surface area contributed by atoms with Gasteiger partial charge in [-0.15, -0.1) is 0 Å². The molecule has 1 amide bonds. The van der Waals surface area contributed by atoms with Crippen LogP contribution in [-0.4, -0.2) is 48.2 Å². The number of rotatable bonds is 5. The number of nitrogens with one attached hydrogen (secondary N) is 1. The van der Waals surface area contributed by atoms with Gasteiger partial charge < -0.3 is 10.4 Å². The van der Waals surface area contributed by atoms with Crippen molar-refractivity contribution in [3.63, 3.8) is 0 Å². The minimum absolute atomic E-state index is 0.0216. The molecule has 4 nitrogen and oxygen atoms in total. The summed E-state index contributed by atoms with van der Waals surface area (Å²) in [6.45, 7) is 1.72. The van der Waals surface area contributed by atoms with Crippen LogP contribution in [0, 0.1) is 0 Å². The van der Waals surface area contributed by atoms with Gasteiger partial charge in [0.25, 0.3) is 5.91 Å². The van der Waals surface area contributed by atoms with Crippen molar-refractivity contribution in [2.75, 3.05) is 26.2 Å². The molecule has 0 bridgehead atoms. The Kier molecular flexibility index (Phi) is 6.48. The lowest BCUT2D eigenvalue weighted by Crippen LogP contribution is -2.45. The highest BCUT2D eigenvalue weighted by molar-refractivity contribution is 6.33. The molecule has 1 atom stereocenters. The van der Waals surface area contributed by atoms with E-state index in [0.29, 0.717) is 6.54 Å². The van der Waals surface area contributed by atoms with E-state index in [9.17, 15) is 23.1 Å². The van der Waals surface area contributed by atoms with Crippen LogP contribution in [0.25, 0.3) is 0 Å². The van der Waals surface area contributed by atoms with E-state index in [0.717, 1.165) is 44.0 Å². The summed E-state index contributed by atoms with van der Waals surface area (Å²) >= 11 is 5.84. The number of piperidine rings is 1. The number of carbonyl (C=O) groups excluding carboxylic acids is 1. The molecular formula is C16H20ClF3N2O2. The van der Waals surface area contributed by atoms with Gasteiger partial charge in [0.2, 0.25) is 0 Å². The monoisotopic (exact) mass is 364 g/mol. The van der Waals surface area contributed by atoms with E-state index in [1.807, 2.05) is 0 Å². The van der Waals surface area contributed by atoms with Crippen LogP contribution in [0.15, 0.2) is 18.2 Å². The molecule has 1 heterocycles. The first-order chi connectivity index (χ1) is 11.3. The number of nitrogens with zero attached hydrogens (tertiary/aromatic N) is 1. The van der Waals surface area contributed by atoms with Crippen LogP contribution in [0.2, 0.25) is 5.02 Å². The van der Waals surface area contributed by atoms with E-state index < -0.39 is 17.6 Å². The molecule has 0 aliphatic carbocycles. The van der Waals surface area contributed by atoms with Gasteiger partial charge >= 0.3 is 6.18 Å². The Morgan fingerprint density at radius 1 is 1.38 bits per heavy atom. The summed E-state index contributed by atoms with van der Waals surface area (Å²) in [5, 5.41) is 11.9. The van der Waals surface area contributed by atoms with Crippen molar-refractivity contribution in [3.8, 4) is 0 Å². The maximum Gasteiger partial charge on any atom is 0.416 e. The molecule has 1 aliphatic heterocycles. The Labute approximate surface area is 143 Å². The third-order valence-corrected chi connectivity index (χ3v) is 4.51. The molecule has 1 fully saturated rings. The maximum absolute atomic E-state index is 12.7. The third kappa shape index (κ3) is 4.84. The van der Waals surface area contributed by atoms with Gasteiger partial charge in [0.05, 0.1) is 22.8 Å². The average molecular weight is 365 g/mol. The number of carbonyl (C=O) groups is 1. The molecule has 2 N–H and O–H groups in total. The second kappa shape index (κ2) is 8.18. The number of halogens is 4. The van der Waals surface area contributed by atoms with Gasteiger partial charge in [0.1, 0.15) is 0 Å². The largest absolute Gasteiger partial charge is 0.416 e. The van der Waals surface area contributed by atoms with Crippen molar-refractivity contribution in [1.82, 2.24) is 10.2 Å². The first-order valence-corrected chi connectivity index (χ1v) is 8.20. The number of aliphatic hydroxyl groups is 1. The third-order valence-electron chi connectivity index (χ3n) is 4.18. The normalized spacial score (nSPS) is 19.3. The average Bonchev–Trinajstić information content (AvgIpc) is 2.54. The van der Waals surface area contributed by atoms with Gasteiger partial charge in [0.15, 0.2) is 0 Å². The molecule has 134 valence electrons. The molecule has 2 rings (SSSR count). The summed E-state index contributed by atoms with van der Waals surface area (Å²) in [6, 6.07) is 2.76. The zero-order valence-corrected chi connectivity index (χ0v) is 13.8. The summed E-state index contributed by atoms with van der Waals surface area (Å²) in [7, 11) is 0. The van der Waals surface area contributed by atoms with Gasteiger partial charge in [-0.1, -0.05) is 18.0 Å². The molecule has 1 saturated heterocycles. The molecule has 1 aromatic rings. The summed E-state index contributed by atoms with van der Waals surface area (Å²) in [4.78, 5) is 14.2. The molecule has 0 spiro atoms. The van der Waals surface area contributed by atoms with E-state index in [2.05, 4.69) is 10.2 Å². The van der Waals surface area contributed by atoms with Crippen molar-refractivity contribution < 1.29 is 23.1 Å². The maximum atomic E-state index is 12.7. The van der Waals surface area contributed by atoms with Gasteiger partial charge in [-0.25, -0.2) is 0 Å². The smallest absolute Gasteiger partial charge is 0.395 e. The van der Waals surface area contributed by atoms with Crippen LogP contribution >= 0.6 is 11.6 Å². The Hall–Kier alpha value is -1.31. The summed E-state index contributed by atoms with van der Waals surface area (Å²) in [5.41, 5.74) is -1.10. The SMILES string of the molecule is O=C(NCCN1CCCC[C@@H]1CO)c1cc(C(F)(F)F)ccc1Cl. The van der Waals surface area contributed by atoms with Crippen LogP contribution < -0.4 is 5.32 Å². The summed E-state index contributed by atoms with van der Waals surface area (Å²) < 4.78 is 38.2. The highest BCUT2D eigenvalue weighted by Crippen LogP contribution is 2.31. The highest BCUT2D eigenvalue weighted by Gasteiger charge is 2.31. The first-order valence-electron chi connectivity index (χ1n) is 7.83. The van der Waals surface area contributed by atoms with Crippen LogP contribution in [-0.2, 0) is 6.18 Å². The van der Waals surface area contributed by atoms with E-state index in [4.69, 9.17) is 11.6 Å². The Morgan fingerprint density at radius 3 is 2.79 bits per heavy atom. The van der Waals surface area contributed by atoms with Crippen molar-refractivity contribution >= 4 is 17.5 Å². The fourth-order valence-corrected chi connectivity index (χ4v) is 3.05. The molecule has 1 aliphatic rings. The number of aliphatic hydroxyl groups excluding tert-OH is 1. The number of likely N-dealkylation sites (tertiary alicyclic amines) is 1. The fraction of sp³-hybridized carbons (Fsp3) is 0.562. The van der Waals surface area contributed by atoms with E-state index in [1.54, 1.807) is 0 Å². The number of benzene rings is 1. The van der Waals surface area contributed by atoms with E-state index in [-0.39, 0.29) is 29.8 Å². The molecule has 0 saturated carbocycles. The summed E-state index contributed by atoms with van der Waals surface area (Å²) in [6.07, 6.45) is -1.52. The second-order valence-corrected chi connectivity index (χ2v) is 6.22. The van der Waals surface area contributed by atoms with E-state index in [1.165, 1.54) is 0 Å². The van der Waals surface area contributed by atoms with Crippen molar-refractivity contribution in [1.29, 1.82) is 0 Å². The van der Waals surface area contributed by atoms with Crippen LogP contribution in [0.4, 0.5) is 13.2 Å². The molecular weight excluding hydrogens is 345 g/mol. The first kappa shape index (κ1) is 19.0. The predicted molar refractivity (Wildman–Crippen MR) is 85.1 cm³/mol. The predicted octanol–water partition coefficient (Wildman–Crippen LogP) is 2.94. The lowest BCUT2D eigenvalue weighted by molar-refractivity contribution is -0.137. The molecule has 1 aromatic carbocycles. The summed E-state index contributed by atoms with van der Waals surface area (Å²) in [5.74, 6) is -0.636. The minimum Gasteiger partial charge on any atom is -0.395 e. The van der Waals surface area contributed by atoms with Gasteiger partial charge in [-0.2, -0.15) is 13.2 Å². The molecule has 8 heteroatoms. The van der Waals surface area contributed by atoms with Gasteiger partial charge in [0, 0.05) is 19.1 Å². The minimum atomic E-state index is -4.53. The van der Waals surface area contributed by atoms with Gasteiger partial charge in [-0.3, -0.25) is 9.69 Å². The molecule has 0 unspecified atom stereocenters. The van der Waals surface area contributed by atoms with Gasteiger partial charge in [-0.05, 0) is 37.6 Å². The van der Waals surface area contributed by atoms with Crippen molar-refractivity contribution in [2.24, 2.45) is 0 Å². The van der Waals surface area contributed by atoms with Crippen LogP contribution in [0.1, 0.15) is 35.2 Å². The Balaban J connectivity index is 1.95. The Bertz CT molecular complexity index is 581. The standard InChI is InChI=1S/C16H20ClF3N2O2/c17-14-5-4-11(16(18,19)20)9-13(14)15(24)21-6-8-22-7-2-1-3-12(22)10-23/h4-5,9,12,23H,1-3,6-8,10H2,(H,21,24)/t12-/m1/s1. The molecule has 0 radical (unpaired) electrons. The zero-order chi connectivity index (χ0) is 17.7. The lowest BCUT2D eigenvalue weighted by Gasteiger charge is -2.34. The van der Waals surface area contributed by atoms with Crippen LogP contribution in [0.3, 0.4) is 0 Å².